The van der Waals surface area contributed by atoms with Gasteiger partial charge in [0.05, 0.1) is 22.5 Å². The lowest BCUT2D eigenvalue weighted by Crippen LogP contribution is -2.11. The van der Waals surface area contributed by atoms with Gasteiger partial charge in [-0.1, -0.05) is 29.8 Å². The number of para-hydroxylation sites is 1. The van der Waals surface area contributed by atoms with Crippen LogP contribution in [0.1, 0.15) is 11.1 Å². The van der Waals surface area contributed by atoms with Crippen LogP contribution in [-0.2, 0) is 6.18 Å². The lowest BCUT2D eigenvalue weighted by Gasteiger charge is -2.11. The molecule has 0 amide bonds. The Hall–Kier alpha value is -2.08. The molecule has 0 unspecified atom stereocenters. The Balaban J connectivity index is 2.32. The summed E-state index contributed by atoms with van der Waals surface area (Å²) in [5.74, 6) is -1.16. The van der Waals surface area contributed by atoms with Crippen molar-refractivity contribution in [3.63, 3.8) is 0 Å². The fourth-order valence-corrected chi connectivity index (χ4v) is 1.79. The van der Waals surface area contributed by atoms with Crippen LogP contribution >= 0.6 is 11.6 Å². The van der Waals surface area contributed by atoms with Gasteiger partial charge >= 0.3 is 6.18 Å². The zero-order valence-electron chi connectivity index (χ0n) is 10.5. The molecule has 0 bridgehead atoms. The number of nitrogens with one attached hydrogen (secondary N) is 1. The number of hydrazone groups is 1. The molecule has 1 N–H and O–H groups in total. The van der Waals surface area contributed by atoms with E-state index in [2.05, 4.69) is 10.5 Å². The van der Waals surface area contributed by atoms with Gasteiger partial charge in [0.25, 0.3) is 0 Å². The fourth-order valence-electron chi connectivity index (χ4n) is 1.62. The van der Waals surface area contributed by atoms with Crippen LogP contribution in [0.5, 0.6) is 0 Å². The smallest absolute Gasteiger partial charge is 0.279 e. The summed E-state index contributed by atoms with van der Waals surface area (Å²) < 4.78 is 52.2. The second kappa shape index (κ2) is 6.13. The molecular weight excluding hydrogens is 308 g/mol. The van der Waals surface area contributed by atoms with Crippen molar-refractivity contribution in [2.45, 2.75) is 6.18 Å². The third-order valence-electron chi connectivity index (χ3n) is 2.60. The summed E-state index contributed by atoms with van der Waals surface area (Å²) in [7, 11) is 0. The number of halogens is 5. The molecule has 110 valence electrons. The van der Waals surface area contributed by atoms with Crippen LogP contribution in [0.3, 0.4) is 0 Å². The SMILES string of the molecule is Fc1c(Cl)ccc(C(F)(F)F)c1C=NNc1ccccc1. The fraction of sp³-hybridized carbons (Fsp3) is 0.0714. The molecule has 7 heteroatoms. The van der Waals surface area contributed by atoms with Gasteiger partial charge in [-0.05, 0) is 24.3 Å². The van der Waals surface area contributed by atoms with E-state index in [0.29, 0.717) is 5.69 Å². The second-order valence-electron chi connectivity index (χ2n) is 4.06. The molecule has 0 atom stereocenters. The number of hydrogen-bond acceptors (Lipinski definition) is 2. The predicted molar refractivity (Wildman–Crippen MR) is 74.1 cm³/mol. The molecule has 2 aromatic rings. The lowest BCUT2D eigenvalue weighted by atomic mass is 10.1. The Morgan fingerprint density at radius 2 is 1.71 bits per heavy atom. The van der Waals surface area contributed by atoms with Crippen LogP contribution in [0.2, 0.25) is 5.02 Å². The number of benzene rings is 2. The van der Waals surface area contributed by atoms with Gasteiger partial charge in [0.15, 0.2) is 5.82 Å². The summed E-state index contributed by atoms with van der Waals surface area (Å²) >= 11 is 5.51. The molecule has 0 aliphatic carbocycles. The third kappa shape index (κ3) is 3.72. The Labute approximate surface area is 123 Å². The second-order valence-corrected chi connectivity index (χ2v) is 4.46. The number of anilines is 1. The topological polar surface area (TPSA) is 24.4 Å². The Morgan fingerprint density at radius 3 is 2.33 bits per heavy atom. The summed E-state index contributed by atoms with van der Waals surface area (Å²) in [6.07, 6.45) is -3.93. The normalized spacial score (nSPS) is 11.9. The van der Waals surface area contributed by atoms with E-state index < -0.39 is 28.1 Å². The van der Waals surface area contributed by atoms with Gasteiger partial charge in [-0.25, -0.2) is 4.39 Å². The van der Waals surface area contributed by atoms with E-state index in [9.17, 15) is 17.6 Å². The molecule has 0 fully saturated rings. The Morgan fingerprint density at radius 1 is 1.05 bits per heavy atom. The average molecular weight is 317 g/mol. The third-order valence-corrected chi connectivity index (χ3v) is 2.89. The van der Waals surface area contributed by atoms with Crippen LogP contribution in [-0.4, -0.2) is 6.21 Å². The van der Waals surface area contributed by atoms with Crippen molar-refractivity contribution in [2.75, 3.05) is 5.43 Å². The lowest BCUT2D eigenvalue weighted by molar-refractivity contribution is -0.137. The quantitative estimate of drug-likeness (QED) is 0.484. The highest BCUT2D eigenvalue weighted by Crippen LogP contribution is 2.34. The maximum absolute atomic E-state index is 13.8. The summed E-state index contributed by atoms with van der Waals surface area (Å²) in [4.78, 5) is 0. The van der Waals surface area contributed by atoms with E-state index in [-0.39, 0.29) is 0 Å². The highest BCUT2D eigenvalue weighted by atomic mass is 35.5. The molecule has 0 radical (unpaired) electrons. The molecule has 0 aliphatic rings. The molecular formula is C14H9ClF4N2. The minimum absolute atomic E-state index is 0.399. The van der Waals surface area contributed by atoms with Gasteiger partial charge in [-0.3, -0.25) is 5.43 Å². The van der Waals surface area contributed by atoms with Gasteiger partial charge in [0.1, 0.15) is 0 Å². The molecule has 0 spiro atoms. The largest absolute Gasteiger partial charge is 0.417 e. The van der Waals surface area contributed by atoms with Crippen LogP contribution in [0.15, 0.2) is 47.6 Å². The molecule has 0 aromatic heterocycles. The number of rotatable bonds is 3. The summed E-state index contributed by atoms with van der Waals surface area (Å²) in [6, 6.07) is 10.1. The average Bonchev–Trinajstić information content (AvgIpc) is 2.43. The van der Waals surface area contributed by atoms with Crippen LogP contribution in [0.4, 0.5) is 23.2 Å². The van der Waals surface area contributed by atoms with Gasteiger partial charge in [-0.15, -0.1) is 0 Å². The molecule has 0 saturated carbocycles. The molecule has 21 heavy (non-hydrogen) atoms. The monoisotopic (exact) mass is 316 g/mol. The van der Waals surface area contributed by atoms with E-state index in [4.69, 9.17) is 11.6 Å². The van der Waals surface area contributed by atoms with Gasteiger partial charge in [0, 0.05) is 5.56 Å². The Bertz CT molecular complexity index is 654. The molecule has 0 saturated heterocycles. The maximum Gasteiger partial charge on any atom is 0.417 e. The number of alkyl halides is 3. The zero-order valence-corrected chi connectivity index (χ0v) is 11.2. The van der Waals surface area contributed by atoms with Crippen molar-refractivity contribution in [3.05, 3.63) is 64.4 Å². The minimum atomic E-state index is -4.69. The summed E-state index contributed by atoms with van der Waals surface area (Å²) in [5.41, 5.74) is 1.22. The standard InChI is InChI=1S/C14H9ClF4N2/c15-12-7-6-11(14(17,18)19)10(13(12)16)8-20-21-9-4-2-1-3-5-9/h1-8,21H. The van der Waals surface area contributed by atoms with Gasteiger partial charge in [-0.2, -0.15) is 18.3 Å². The first-order chi connectivity index (χ1) is 9.89. The zero-order chi connectivity index (χ0) is 15.5. The van der Waals surface area contributed by atoms with E-state index in [1.165, 1.54) is 0 Å². The van der Waals surface area contributed by atoms with Crippen LogP contribution < -0.4 is 5.43 Å². The highest BCUT2D eigenvalue weighted by Gasteiger charge is 2.34. The predicted octanol–water partition coefficient (Wildman–Crippen LogP) is 4.94. The van der Waals surface area contributed by atoms with Crippen LogP contribution in [0.25, 0.3) is 0 Å². The Kier molecular flexibility index (Phi) is 4.47. The molecule has 2 aromatic carbocycles. The summed E-state index contributed by atoms with van der Waals surface area (Å²) in [5, 5.41) is 3.22. The van der Waals surface area contributed by atoms with E-state index >= 15 is 0 Å². The molecule has 0 aliphatic heterocycles. The number of hydrogen-bond donors (Lipinski definition) is 1. The van der Waals surface area contributed by atoms with Crippen molar-refractivity contribution in [2.24, 2.45) is 5.10 Å². The van der Waals surface area contributed by atoms with E-state index in [1.54, 1.807) is 30.3 Å². The summed E-state index contributed by atoms with van der Waals surface area (Å²) in [6.45, 7) is 0. The first-order valence-electron chi connectivity index (χ1n) is 5.79. The van der Waals surface area contributed by atoms with Crippen molar-refractivity contribution in [1.82, 2.24) is 0 Å². The van der Waals surface area contributed by atoms with Gasteiger partial charge < -0.3 is 0 Å². The van der Waals surface area contributed by atoms with E-state index in [0.717, 1.165) is 18.3 Å². The first kappa shape index (κ1) is 15.3. The number of nitrogens with zero attached hydrogens (tertiary/aromatic N) is 1. The van der Waals surface area contributed by atoms with Crippen molar-refractivity contribution < 1.29 is 17.6 Å². The molecule has 2 nitrogen and oxygen atoms in total. The first-order valence-corrected chi connectivity index (χ1v) is 6.16. The van der Waals surface area contributed by atoms with Crippen molar-refractivity contribution >= 4 is 23.5 Å². The van der Waals surface area contributed by atoms with Gasteiger partial charge in [0.2, 0.25) is 0 Å². The highest BCUT2D eigenvalue weighted by molar-refractivity contribution is 6.31. The van der Waals surface area contributed by atoms with E-state index in [1.807, 2.05) is 0 Å². The minimum Gasteiger partial charge on any atom is -0.279 e. The van der Waals surface area contributed by atoms with Crippen LogP contribution in [0, 0.1) is 5.82 Å². The van der Waals surface area contributed by atoms with Crippen molar-refractivity contribution in [1.29, 1.82) is 0 Å². The maximum atomic E-state index is 13.8. The van der Waals surface area contributed by atoms with Crippen molar-refractivity contribution in [3.8, 4) is 0 Å². The molecule has 0 heterocycles. The molecule has 2 rings (SSSR count).